The molecule has 2 aliphatic carbocycles. The molecule has 0 N–H and O–H groups in total. The molecule has 0 aromatic rings. The van der Waals surface area contributed by atoms with Gasteiger partial charge in [-0.05, 0) is 50.4 Å². The van der Waals surface area contributed by atoms with Crippen LogP contribution in [0.15, 0.2) is 0 Å². The SMILES string of the molecule is CC(C)CC1(CC(C)C)C(=O)OC(C2CCCCC2)(C2CCCCC2)OC1=O. The van der Waals surface area contributed by atoms with E-state index in [1.54, 1.807) is 0 Å². The van der Waals surface area contributed by atoms with E-state index in [2.05, 4.69) is 27.7 Å². The summed E-state index contributed by atoms with van der Waals surface area (Å²) in [4.78, 5) is 27.2. The Hall–Kier alpha value is -1.06. The molecule has 3 rings (SSSR count). The second-order valence-corrected chi connectivity index (χ2v) is 10.4. The Kier molecular flexibility index (Phi) is 6.76. The second-order valence-electron chi connectivity index (χ2n) is 10.4. The first kappa shape index (κ1) is 21.6. The molecule has 0 unspecified atom stereocenters. The fourth-order valence-corrected chi connectivity index (χ4v) is 6.08. The highest BCUT2D eigenvalue weighted by atomic mass is 16.7. The van der Waals surface area contributed by atoms with Crippen LogP contribution in [-0.2, 0) is 19.1 Å². The summed E-state index contributed by atoms with van der Waals surface area (Å²) >= 11 is 0. The molecule has 0 spiro atoms. The number of hydrogen-bond acceptors (Lipinski definition) is 4. The van der Waals surface area contributed by atoms with Crippen LogP contribution in [0.25, 0.3) is 0 Å². The van der Waals surface area contributed by atoms with Crippen molar-refractivity contribution in [2.24, 2.45) is 29.1 Å². The first-order valence-electron chi connectivity index (χ1n) is 11.8. The lowest BCUT2D eigenvalue weighted by Crippen LogP contribution is -2.63. The molecule has 0 aromatic carbocycles. The Morgan fingerprint density at radius 3 is 1.39 bits per heavy atom. The van der Waals surface area contributed by atoms with E-state index < -0.39 is 11.2 Å². The lowest BCUT2D eigenvalue weighted by Gasteiger charge is -2.52. The minimum absolute atomic E-state index is 0.161. The van der Waals surface area contributed by atoms with E-state index in [1.165, 1.54) is 12.8 Å². The fourth-order valence-electron chi connectivity index (χ4n) is 6.08. The molecule has 4 nitrogen and oxygen atoms in total. The molecule has 0 atom stereocenters. The summed E-state index contributed by atoms with van der Waals surface area (Å²) in [6.07, 6.45) is 12.0. The number of rotatable bonds is 6. The largest absolute Gasteiger partial charge is 0.421 e. The van der Waals surface area contributed by atoms with E-state index in [9.17, 15) is 9.59 Å². The number of carbonyl (C=O) groups excluding carboxylic acids is 2. The maximum absolute atomic E-state index is 13.6. The quantitative estimate of drug-likeness (QED) is 0.409. The van der Waals surface area contributed by atoms with E-state index in [0.717, 1.165) is 51.4 Å². The van der Waals surface area contributed by atoms with Gasteiger partial charge >= 0.3 is 11.9 Å². The molecule has 0 aromatic heterocycles. The second kappa shape index (κ2) is 8.75. The molecule has 160 valence electrons. The Morgan fingerprint density at radius 1 is 0.714 bits per heavy atom. The minimum atomic E-state index is -1.13. The summed E-state index contributed by atoms with van der Waals surface area (Å²) in [5, 5.41) is 0. The van der Waals surface area contributed by atoms with Gasteiger partial charge in [0.1, 0.15) is 0 Å². The summed E-state index contributed by atoms with van der Waals surface area (Å²) in [6.45, 7) is 8.25. The summed E-state index contributed by atoms with van der Waals surface area (Å²) < 4.78 is 12.7. The average molecular weight is 393 g/mol. The molecule has 3 fully saturated rings. The van der Waals surface area contributed by atoms with Crippen molar-refractivity contribution in [1.82, 2.24) is 0 Å². The van der Waals surface area contributed by atoms with Crippen LogP contribution in [0.3, 0.4) is 0 Å². The topological polar surface area (TPSA) is 52.6 Å². The number of ether oxygens (including phenoxy) is 2. The molecular weight excluding hydrogens is 352 g/mol. The van der Waals surface area contributed by atoms with Gasteiger partial charge in [-0.25, -0.2) is 0 Å². The average Bonchev–Trinajstić information content (AvgIpc) is 2.66. The highest BCUT2D eigenvalue weighted by molar-refractivity contribution is 6.01. The summed E-state index contributed by atoms with van der Waals surface area (Å²) in [7, 11) is 0. The Morgan fingerprint density at radius 2 is 1.07 bits per heavy atom. The van der Waals surface area contributed by atoms with Crippen LogP contribution < -0.4 is 0 Å². The first-order chi connectivity index (χ1) is 13.3. The van der Waals surface area contributed by atoms with Crippen molar-refractivity contribution in [2.75, 3.05) is 0 Å². The van der Waals surface area contributed by atoms with Gasteiger partial charge < -0.3 is 9.47 Å². The van der Waals surface area contributed by atoms with Crippen LogP contribution in [-0.4, -0.2) is 17.7 Å². The monoisotopic (exact) mass is 392 g/mol. The lowest BCUT2D eigenvalue weighted by molar-refractivity contribution is -0.306. The van der Waals surface area contributed by atoms with Gasteiger partial charge in [0.15, 0.2) is 5.41 Å². The van der Waals surface area contributed by atoms with E-state index in [-0.39, 0.29) is 35.6 Å². The van der Waals surface area contributed by atoms with E-state index in [1.807, 2.05) is 0 Å². The van der Waals surface area contributed by atoms with Crippen LogP contribution in [0.2, 0.25) is 0 Å². The van der Waals surface area contributed by atoms with Gasteiger partial charge in [-0.1, -0.05) is 66.2 Å². The van der Waals surface area contributed by atoms with Crippen molar-refractivity contribution in [3.63, 3.8) is 0 Å². The smallest absolute Gasteiger partial charge is 0.326 e. The third-order valence-corrected chi connectivity index (χ3v) is 7.15. The van der Waals surface area contributed by atoms with Crippen LogP contribution in [0.5, 0.6) is 0 Å². The summed E-state index contributed by atoms with van der Waals surface area (Å²) in [5.74, 6) is -0.829. The number of esters is 2. The van der Waals surface area contributed by atoms with Crippen LogP contribution >= 0.6 is 0 Å². The molecule has 28 heavy (non-hydrogen) atoms. The zero-order chi connectivity index (χ0) is 20.4. The molecule has 2 saturated carbocycles. The predicted molar refractivity (Wildman–Crippen MR) is 109 cm³/mol. The van der Waals surface area contributed by atoms with E-state index in [0.29, 0.717) is 12.8 Å². The normalized spacial score (nSPS) is 26.4. The zero-order valence-electron chi connectivity index (χ0n) is 18.4. The fraction of sp³-hybridized carbons (Fsp3) is 0.917. The highest BCUT2D eigenvalue weighted by Crippen LogP contribution is 2.52. The van der Waals surface area contributed by atoms with Crippen molar-refractivity contribution in [3.8, 4) is 0 Å². The molecular formula is C24H40O4. The van der Waals surface area contributed by atoms with Crippen LogP contribution in [0.1, 0.15) is 105 Å². The molecule has 1 saturated heterocycles. The molecule has 0 radical (unpaired) electrons. The lowest BCUT2D eigenvalue weighted by atomic mass is 9.69. The molecule has 0 amide bonds. The molecule has 4 heteroatoms. The van der Waals surface area contributed by atoms with E-state index in [4.69, 9.17) is 9.47 Å². The molecule has 0 bridgehead atoms. The number of hydrogen-bond donors (Lipinski definition) is 0. The highest BCUT2D eigenvalue weighted by Gasteiger charge is 2.63. The summed E-state index contributed by atoms with van der Waals surface area (Å²) in [6, 6.07) is 0. The van der Waals surface area contributed by atoms with Crippen LogP contribution in [0, 0.1) is 29.1 Å². The van der Waals surface area contributed by atoms with Crippen molar-refractivity contribution < 1.29 is 19.1 Å². The first-order valence-corrected chi connectivity index (χ1v) is 11.8. The van der Waals surface area contributed by atoms with Gasteiger partial charge in [-0.2, -0.15) is 0 Å². The number of cyclic esters (lactones) is 2. The van der Waals surface area contributed by atoms with Crippen LogP contribution in [0.4, 0.5) is 0 Å². The van der Waals surface area contributed by atoms with Gasteiger partial charge in [-0.15, -0.1) is 0 Å². The van der Waals surface area contributed by atoms with Crippen molar-refractivity contribution in [1.29, 1.82) is 0 Å². The third kappa shape index (κ3) is 4.11. The van der Waals surface area contributed by atoms with Gasteiger partial charge in [0.25, 0.3) is 5.79 Å². The van der Waals surface area contributed by atoms with E-state index >= 15 is 0 Å². The van der Waals surface area contributed by atoms with Gasteiger partial charge in [0.05, 0.1) is 0 Å². The third-order valence-electron chi connectivity index (χ3n) is 7.15. The minimum Gasteiger partial charge on any atom is -0.421 e. The van der Waals surface area contributed by atoms with Crippen molar-refractivity contribution in [3.05, 3.63) is 0 Å². The standard InChI is InChI=1S/C24H40O4/c1-17(2)15-23(16-18(3)4)21(25)27-24(28-22(23)26,19-11-7-5-8-12-19)20-13-9-6-10-14-20/h17-20H,5-16H2,1-4H3. The maximum Gasteiger partial charge on any atom is 0.326 e. The maximum atomic E-state index is 13.6. The predicted octanol–water partition coefficient (Wildman–Crippen LogP) is 6.02. The van der Waals surface area contributed by atoms with Crippen molar-refractivity contribution >= 4 is 11.9 Å². The molecule has 3 aliphatic rings. The van der Waals surface area contributed by atoms with Gasteiger partial charge in [0, 0.05) is 11.8 Å². The van der Waals surface area contributed by atoms with Gasteiger partial charge in [-0.3, -0.25) is 9.59 Å². The Balaban J connectivity index is 1.95. The summed E-state index contributed by atoms with van der Waals surface area (Å²) in [5.41, 5.74) is -1.13. The Bertz CT molecular complexity index is 503. The molecule has 1 aliphatic heterocycles. The number of carbonyl (C=O) groups is 2. The zero-order valence-corrected chi connectivity index (χ0v) is 18.4. The van der Waals surface area contributed by atoms with Crippen molar-refractivity contribution in [2.45, 2.75) is 111 Å². The Labute approximate surface area is 171 Å². The molecule has 1 heterocycles. The van der Waals surface area contributed by atoms with Gasteiger partial charge in [0.2, 0.25) is 0 Å².